The number of halogens is 1. The lowest BCUT2D eigenvalue weighted by Crippen LogP contribution is -2.58. The van der Waals surface area contributed by atoms with Gasteiger partial charge in [0.2, 0.25) is 11.8 Å². The standard InChI is InChI=1S/C11H19FN2O2/c1-8(2)6-9-11(16)14(5-3-4-12)7-10(15)13-9/h8-9H,3-7H2,1-2H3,(H,13,15). The first-order valence-electron chi connectivity index (χ1n) is 5.68. The Hall–Kier alpha value is -1.13. The van der Waals surface area contributed by atoms with E-state index in [0.717, 1.165) is 0 Å². The van der Waals surface area contributed by atoms with E-state index in [1.165, 1.54) is 4.90 Å². The molecule has 0 saturated carbocycles. The highest BCUT2D eigenvalue weighted by Gasteiger charge is 2.32. The van der Waals surface area contributed by atoms with E-state index in [2.05, 4.69) is 5.32 Å². The molecule has 92 valence electrons. The average Bonchev–Trinajstić information content (AvgIpc) is 2.20. The van der Waals surface area contributed by atoms with Crippen molar-refractivity contribution >= 4 is 11.8 Å². The van der Waals surface area contributed by atoms with Gasteiger partial charge in [0.15, 0.2) is 0 Å². The topological polar surface area (TPSA) is 49.4 Å². The molecule has 1 N–H and O–H groups in total. The third-order valence-electron chi connectivity index (χ3n) is 2.55. The van der Waals surface area contributed by atoms with Gasteiger partial charge in [0.25, 0.3) is 0 Å². The van der Waals surface area contributed by atoms with Gasteiger partial charge in [-0.3, -0.25) is 14.0 Å². The number of nitrogens with one attached hydrogen (secondary N) is 1. The number of carbonyl (C=O) groups excluding carboxylic acids is 2. The molecule has 0 aliphatic carbocycles. The molecule has 1 saturated heterocycles. The highest BCUT2D eigenvalue weighted by molar-refractivity contribution is 5.94. The SMILES string of the molecule is CC(C)CC1NC(=O)CN(CCCF)C1=O. The Balaban J connectivity index is 2.58. The van der Waals surface area contributed by atoms with Crippen LogP contribution in [0.25, 0.3) is 0 Å². The molecule has 0 bridgehead atoms. The molecule has 5 heteroatoms. The lowest BCUT2D eigenvalue weighted by Gasteiger charge is -2.33. The van der Waals surface area contributed by atoms with Crippen LogP contribution >= 0.6 is 0 Å². The molecule has 1 heterocycles. The van der Waals surface area contributed by atoms with Crippen molar-refractivity contribution in [2.75, 3.05) is 19.8 Å². The number of piperazine rings is 1. The van der Waals surface area contributed by atoms with Gasteiger partial charge in [0, 0.05) is 6.54 Å². The normalized spacial score (nSPS) is 21.5. The van der Waals surface area contributed by atoms with E-state index in [9.17, 15) is 14.0 Å². The van der Waals surface area contributed by atoms with Crippen LogP contribution in [0.4, 0.5) is 4.39 Å². The molecule has 4 nitrogen and oxygen atoms in total. The second kappa shape index (κ2) is 5.82. The van der Waals surface area contributed by atoms with Crippen molar-refractivity contribution in [1.29, 1.82) is 0 Å². The summed E-state index contributed by atoms with van der Waals surface area (Å²) in [5.74, 6) is 0.112. The minimum atomic E-state index is -0.458. The molecule has 1 rings (SSSR count). The van der Waals surface area contributed by atoms with Gasteiger partial charge in [-0.05, 0) is 18.8 Å². The van der Waals surface area contributed by atoms with Crippen LogP contribution in [0.5, 0.6) is 0 Å². The zero-order valence-corrected chi connectivity index (χ0v) is 9.83. The van der Waals surface area contributed by atoms with Crippen LogP contribution in [0, 0.1) is 5.92 Å². The van der Waals surface area contributed by atoms with Gasteiger partial charge < -0.3 is 10.2 Å². The first kappa shape index (κ1) is 12.9. The maximum atomic E-state index is 12.0. The van der Waals surface area contributed by atoms with Crippen molar-refractivity contribution in [3.05, 3.63) is 0 Å². The molecule has 0 aromatic carbocycles. The molecular formula is C11H19FN2O2. The Kier molecular flexibility index (Phi) is 4.71. The predicted molar refractivity (Wildman–Crippen MR) is 58.6 cm³/mol. The number of carbonyl (C=O) groups is 2. The highest BCUT2D eigenvalue weighted by Crippen LogP contribution is 2.11. The lowest BCUT2D eigenvalue weighted by atomic mass is 10.0. The largest absolute Gasteiger partial charge is 0.343 e. The van der Waals surface area contributed by atoms with Crippen LogP contribution in [-0.2, 0) is 9.59 Å². The fourth-order valence-corrected chi connectivity index (χ4v) is 1.84. The molecule has 16 heavy (non-hydrogen) atoms. The molecule has 1 atom stereocenters. The van der Waals surface area contributed by atoms with Crippen LogP contribution in [-0.4, -0.2) is 42.5 Å². The van der Waals surface area contributed by atoms with E-state index < -0.39 is 12.7 Å². The maximum absolute atomic E-state index is 12.0. The number of rotatable bonds is 5. The van der Waals surface area contributed by atoms with Gasteiger partial charge in [-0.15, -0.1) is 0 Å². The van der Waals surface area contributed by atoms with Gasteiger partial charge in [0.05, 0.1) is 13.2 Å². The molecular weight excluding hydrogens is 211 g/mol. The molecule has 1 aliphatic heterocycles. The monoisotopic (exact) mass is 230 g/mol. The molecule has 0 radical (unpaired) electrons. The fourth-order valence-electron chi connectivity index (χ4n) is 1.84. The van der Waals surface area contributed by atoms with Crippen LogP contribution in [0.15, 0.2) is 0 Å². The van der Waals surface area contributed by atoms with Crippen LogP contribution in [0.1, 0.15) is 26.7 Å². The van der Waals surface area contributed by atoms with Crippen molar-refractivity contribution in [2.45, 2.75) is 32.7 Å². The van der Waals surface area contributed by atoms with Crippen molar-refractivity contribution in [1.82, 2.24) is 10.2 Å². The quantitative estimate of drug-likeness (QED) is 0.756. The Morgan fingerprint density at radius 1 is 1.50 bits per heavy atom. The summed E-state index contributed by atoms with van der Waals surface area (Å²) in [5, 5.41) is 2.68. The summed E-state index contributed by atoms with van der Waals surface area (Å²) in [4.78, 5) is 24.7. The van der Waals surface area contributed by atoms with Crippen molar-refractivity contribution < 1.29 is 14.0 Å². The molecule has 0 aromatic rings. The van der Waals surface area contributed by atoms with E-state index in [4.69, 9.17) is 0 Å². The highest BCUT2D eigenvalue weighted by atomic mass is 19.1. The smallest absolute Gasteiger partial charge is 0.245 e. The zero-order chi connectivity index (χ0) is 12.1. The van der Waals surface area contributed by atoms with Gasteiger partial charge in [-0.25, -0.2) is 0 Å². The van der Waals surface area contributed by atoms with Crippen molar-refractivity contribution in [3.8, 4) is 0 Å². The fraction of sp³-hybridized carbons (Fsp3) is 0.818. The van der Waals surface area contributed by atoms with Gasteiger partial charge in [-0.2, -0.15) is 0 Å². The van der Waals surface area contributed by atoms with Gasteiger partial charge >= 0.3 is 0 Å². The number of hydrogen-bond donors (Lipinski definition) is 1. The first-order valence-corrected chi connectivity index (χ1v) is 5.68. The minimum absolute atomic E-state index is 0.0629. The summed E-state index contributed by atoms with van der Waals surface area (Å²) >= 11 is 0. The Bertz CT molecular complexity index is 269. The van der Waals surface area contributed by atoms with E-state index in [0.29, 0.717) is 25.3 Å². The van der Waals surface area contributed by atoms with Gasteiger partial charge in [-0.1, -0.05) is 13.8 Å². The molecule has 0 aromatic heterocycles. The Labute approximate surface area is 95.2 Å². The van der Waals surface area contributed by atoms with E-state index in [-0.39, 0.29) is 18.4 Å². The lowest BCUT2D eigenvalue weighted by molar-refractivity contribution is -0.144. The van der Waals surface area contributed by atoms with Crippen LogP contribution in [0.2, 0.25) is 0 Å². The molecule has 0 spiro atoms. The Morgan fingerprint density at radius 2 is 2.19 bits per heavy atom. The summed E-state index contributed by atoms with van der Waals surface area (Å²) in [6.07, 6.45) is 0.935. The number of hydrogen-bond acceptors (Lipinski definition) is 2. The predicted octanol–water partition coefficient (Wildman–Crippen LogP) is 0.719. The third kappa shape index (κ3) is 3.47. The summed E-state index contributed by atoms with van der Waals surface area (Å²) < 4.78 is 12.0. The summed E-state index contributed by atoms with van der Waals surface area (Å²) in [6.45, 7) is 3.94. The van der Waals surface area contributed by atoms with Crippen LogP contribution < -0.4 is 5.32 Å². The average molecular weight is 230 g/mol. The summed E-state index contributed by atoms with van der Waals surface area (Å²) in [6, 6.07) is -0.430. The van der Waals surface area contributed by atoms with E-state index in [1.54, 1.807) is 0 Å². The second-order valence-electron chi connectivity index (χ2n) is 4.55. The number of nitrogens with zero attached hydrogens (tertiary/aromatic N) is 1. The van der Waals surface area contributed by atoms with E-state index in [1.807, 2.05) is 13.8 Å². The van der Waals surface area contributed by atoms with Crippen LogP contribution in [0.3, 0.4) is 0 Å². The molecule has 1 fully saturated rings. The van der Waals surface area contributed by atoms with E-state index >= 15 is 0 Å². The minimum Gasteiger partial charge on any atom is -0.343 e. The van der Waals surface area contributed by atoms with Crippen molar-refractivity contribution in [3.63, 3.8) is 0 Å². The number of alkyl halides is 1. The Morgan fingerprint density at radius 3 is 2.75 bits per heavy atom. The van der Waals surface area contributed by atoms with Crippen molar-refractivity contribution in [2.24, 2.45) is 5.92 Å². The molecule has 1 unspecified atom stereocenters. The number of amides is 2. The maximum Gasteiger partial charge on any atom is 0.245 e. The summed E-state index contributed by atoms with van der Waals surface area (Å²) in [5.41, 5.74) is 0. The first-order chi connectivity index (χ1) is 7.54. The van der Waals surface area contributed by atoms with Gasteiger partial charge in [0.1, 0.15) is 6.04 Å². The summed E-state index contributed by atoms with van der Waals surface area (Å²) in [7, 11) is 0. The zero-order valence-electron chi connectivity index (χ0n) is 9.83. The third-order valence-corrected chi connectivity index (χ3v) is 2.55. The second-order valence-corrected chi connectivity index (χ2v) is 4.55. The molecule has 1 aliphatic rings. The molecule has 2 amide bonds.